The zero-order chi connectivity index (χ0) is 62.3. The zero-order valence-corrected chi connectivity index (χ0v) is 50.8. The van der Waals surface area contributed by atoms with Gasteiger partial charge in [0.1, 0.15) is 15.1 Å². The molecule has 0 bridgehead atoms. The van der Waals surface area contributed by atoms with E-state index in [1.165, 1.54) is 12.4 Å². The molecule has 3 heterocycles. The molecule has 25 heteroatoms. The van der Waals surface area contributed by atoms with Crippen molar-refractivity contribution in [3.05, 3.63) is 68.1 Å². The summed E-state index contributed by atoms with van der Waals surface area (Å²) in [5, 5.41) is 26.3. The number of nitrogens with zero attached hydrogens (tertiary/aromatic N) is 3. The SMILES string of the molecule is C=C.CC.CC.CC(C1CCC(F)(F)CC1)[C@@H](C)C(=O)Nc1ccnc(SN)c1.NSc1cc(NC(=O)[C@@H]2CCC(F)(F)CC2C2CCC(F)(F)CC2)ccn1.NSc1cc(NC(=O)[C@@H]2CCCC(F)(F)[C@H]2C2CCC(F)(F)CC2)ccn1. The predicted molar refractivity (Wildman–Crippen MR) is 313 cm³/mol. The van der Waals surface area contributed by atoms with Gasteiger partial charge < -0.3 is 16.0 Å². The van der Waals surface area contributed by atoms with Crippen molar-refractivity contribution in [3.8, 4) is 0 Å². The summed E-state index contributed by atoms with van der Waals surface area (Å²) in [4.78, 5) is 50.0. The number of halogens is 10. The lowest BCUT2D eigenvalue weighted by atomic mass is 9.65. The molecular weight excluding hydrogens is 1160 g/mol. The number of carbonyl (C=O) groups excluding carboxylic acids is 3. The zero-order valence-electron chi connectivity index (χ0n) is 48.3. The maximum Gasteiger partial charge on any atom is 0.251 e. The van der Waals surface area contributed by atoms with Crippen LogP contribution in [-0.4, -0.2) is 62.3 Å². The summed E-state index contributed by atoms with van der Waals surface area (Å²) in [6.45, 7) is 17.8. The van der Waals surface area contributed by atoms with Gasteiger partial charge >= 0.3 is 0 Å². The number of nitrogens with one attached hydrogen (secondary N) is 3. The Bertz CT molecular complexity index is 2440. The summed E-state index contributed by atoms with van der Waals surface area (Å²) < 4.78 is 138. The molecule has 0 saturated heterocycles. The molecular formula is C58H85F10N9O3S3. The van der Waals surface area contributed by atoms with E-state index in [9.17, 15) is 58.3 Å². The topological polar surface area (TPSA) is 204 Å². The Balaban J connectivity index is 0.000000313. The van der Waals surface area contributed by atoms with E-state index in [4.69, 9.17) is 15.4 Å². The average Bonchev–Trinajstić information content (AvgIpc) is 3.27. The fraction of sp³-hybridized carbons (Fsp3) is 0.655. The van der Waals surface area contributed by atoms with Crippen LogP contribution in [0.25, 0.3) is 0 Å². The predicted octanol–water partition coefficient (Wildman–Crippen LogP) is 16.7. The third kappa shape index (κ3) is 22.9. The van der Waals surface area contributed by atoms with Crippen LogP contribution in [0.3, 0.4) is 0 Å². The molecule has 5 aliphatic carbocycles. The highest BCUT2D eigenvalue weighted by Crippen LogP contribution is 2.53. The van der Waals surface area contributed by atoms with Crippen LogP contribution >= 0.6 is 35.8 Å². The molecule has 468 valence electrons. The van der Waals surface area contributed by atoms with Crippen molar-refractivity contribution in [2.45, 2.75) is 202 Å². The molecule has 0 spiro atoms. The van der Waals surface area contributed by atoms with Crippen molar-refractivity contribution >= 4 is 70.6 Å². The van der Waals surface area contributed by atoms with Crippen LogP contribution in [-0.2, 0) is 14.4 Å². The van der Waals surface area contributed by atoms with Crippen molar-refractivity contribution < 1.29 is 58.3 Å². The van der Waals surface area contributed by atoms with Crippen LogP contribution in [0.2, 0.25) is 0 Å². The van der Waals surface area contributed by atoms with Crippen molar-refractivity contribution in [2.75, 3.05) is 16.0 Å². The lowest BCUT2D eigenvalue weighted by Crippen LogP contribution is -2.48. The molecule has 3 aromatic rings. The van der Waals surface area contributed by atoms with Gasteiger partial charge in [0.05, 0.1) is 0 Å². The number of rotatable bonds is 13. The van der Waals surface area contributed by atoms with Gasteiger partial charge in [-0.2, -0.15) is 0 Å². The second kappa shape index (κ2) is 34.2. The van der Waals surface area contributed by atoms with Gasteiger partial charge in [-0.1, -0.05) is 41.5 Å². The number of pyridine rings is 3. The first-order valence-electron chi connectivity index (χ1n) is 28.5. The summed E-state index contributed by atoms with van der Waals surface area (Å²) in [6, 6.07) is 9.76. The summed E-state index contributed by atoms with van der Waals surface area (Å²) >= 11 is 2.86. The van der Waals surface area contributed by atoms with Gasteiger partial charge in [-0.15, -0.1) is 13.2 Å². The van der Waals surface area contributed by atoms with E-state index in [1.807, 2.05) is 41.5 Å². The molecule has 5 fully saturated rings. The van der Waals surface area contributed by atoms with Gasteiger partial charge in [-0.05, 0) is 160 Å². The second-order valence-corrected chi connectivity index (χ2v) is 23.3. The molecule has 3 amide bonds. The van der Waals surface area contributed by atoms with Crippen molar-refractivity contribution in [2.24, 2.45) is 68.7 Å². The van der Waals surface area contributed by atoms with Crippen molar-refractivity contribution in [3.63, 3.8) is 0 Å². The standard InChI is InChI=1S/2C18H23F4N3OS.C16H23F2N3OS.2C2H6.C2H4/c19-17(20)5-1-11(2-6-17)14-10-18(21,22)7-3-13(14)16(26)25-12-4-8-24-15(9-12)27-23;19-17(20)7-3-11(4-8-17)15-13(2-1-6-18(15,21)22)16(26)25-12-5-9-24-14(10-12)27-23;1-10(12-3-6-16(17,18)7-4-12)11(2)15(22)21-13-5-8-20-14(9-13)23-19;3*1-2/h4,8-9,11,13-14H,1-3,5-7,10,23H2,(H,24,25,26);5,9-11,13,15H,1-4,6-8,23H2,(H,24,25,26);5,8-12H,3-4,6-7,19H2,1-2H3,(H,20,21,22);2*1-2H3;1-2H2/t13-,14?;13-,15+;10?,11-;;;/m111.../s1. The highest BCUT2D eigenvalue weighted by atomic mass is 32.2. The van der Waals surface area contributed by atoms with Crippen LogP contribution in [0.1, 0.15) is 157 Å². The van der Waals surface area contributed by atoms with E-state index in [1.54, 1.807) is 42.6 Å². The minimum absolute atomic E-state index is 0.0280. The van der Waals surface area contributed by atoms with Gasteiger partial charge in [-0.3, -0.25) is 29.8 Å². The normalized spacial score (nSPS) is 24.1. The van der Waals surface area contributed by atoms with Gasteiger partial charge in [0.2, 0.25) is 41.4 Å². The van der Waals surface area contributed by atoms with Gasteiger partial charge in [0, 0.05) is 117 Å². The third-order valence-electron chi connectivity index (χ3n) is 16.2. The minimum atomic E-state index is -3.02. The third-order valence-corrected chi connectivity index (χ3v) is 17.6. The summed E-state index contributed by atoms with van der Waals surface area (Å²) in [6.07, 6.45) is 3.99. The molecule has 0 aliphatic heterocycles. The Labute approximate surface area is 496 Å². The van der Waals surface area contributed by atoms with Gasteiger partial charge in [-0.25, -0.2) is 58.9 Å². The fourth-order valence-corrected chi connectivity index (χ4v) is 12.6. The number of anilines is 3. The molecule has 12 nitrogen and oxygen atoms in total. The number of alkyl halides is 10. The number of carbonyl (C=O) groups is 3. The number of amides is 3. The van der Waals surface area contributed by atoms with Crippen LogP contribution < -0.4 is 31.4 Å². The largest absolute Gasteiger partial charge is 0.326 e. The molecule has 6 atom stereocenters. The Morgan fingerprint density at radius 1 is 0.530 bits per heavy atom. The number of aromatic nitrogens is 3. The maximum atomic E-state index is 14.7. The molecule has 8 rings (SSSR count). The van der Waals surface area contributed by atoms with Crippen molar-refractivity contribution in [1.82, 2.24) is 15.0 Å². The summed E-state index contributed by atoms with van der Waals surface area (Å²) in [5.74, 6) is -19.0. The Kier molecular flexibility index (Phi) is 30.2. The van der Waals surface area contributed by atoms with E-state index < -0.39 is 71.5 Å². The van der Waals surface area contributed by atoms with Crippen molar-refractivity contribution in [1.29, 1.82) is 0 Å². The van der Waals surface area contributed by atoms with E-state index in [-0.39, 0.29) is 125 Å². The monoisotopic (exact) mass is 1240 g/mol. The van der Waals surface area contributed by atoms with E-state index in [0.717, 1.165) is 35.8 Å². The van der Waals surface area contributed by atoms with E-state index in [2.05, 4.69) is 44.1 Å². The molecule has 9 N–H and O–H groups in total. The van der Waals surface area contributed by atoms with Gasteiger partial charge in [0.15, 0.2) is 0 Å². The fourth-order valence-electron chi connectivity index (χ4n) is 11.7. The lowest BCUT2D eigenvalue weighted by molar-refractivity contribution is -0.160. The second-order valence-electron chi connectivity index (χ2n) is 21.4. The highest BCUT2D eigenvalue weighted by Gasteiger charge is 2.55. The van der Waals surface area contributed by atoms with E-state index >= 15 is 0 Å². The minimum Gasteiger partial charge on any atom is -0.326 e. The molecule has 5 aliphatic rings. The Morgan fingerprint density at radius 2 is 0.904 bits per heavy atom. The number of nitrogens with two attached hydrogens (primary N) is 3. The van der Waals surface area contributed by atoms with Crippen LogP contribution in [0.4, 0.5) is 61.0 Å². The van der Waals surface area contributed by atoms with E-state index in [0.29, 0.717) is 51.4 Å². The molecule has 5 saturated carbocycles. The molecule has 3 aromatic heterocycles. The smallest absolute Gasteiger partial charge is 0.251 e. The highest BCUT2D eigenvalue weighted by molar-refractivity contribution is 7.97. The molecule has 0 aromatic carbocycles. The average molecular weight is 1240 g/mol. The molecule has 83 heavy (non-hydrogen) atoms. The number of hydrogen-bond acceptors (Lipinski definition) is 12. The molecule has 2 unspecified atom stereocenters. The maximum absolute atomic E-state index is 14.7. The number of hydrogen-bond donors (Lipinski definition) is 6. The summed E-state index contributed by atoms with van der Waals surface area (Å²) in [5.41, 5.74) is 1.58. The van der Waals surface area contributed by atoms with Crippen LogP contribution in [0.15, 0.2) is 83.2 Å². The quantitative estimate of drug-likeness (QED) is 0.0538. The molecule has 0 radical (unpaired) electrons. The summed E-state index contributed by atoms with van der Waals surface area (Å²) in [7, 11) is 0. The Hall–Kier alpha value is -4.17. The van der Waals surface area contributed by atoms with Crippen LogP contribution in [0.5, 0.6) is 0 Å². The van der Waals surface area contributed by atoms with Crippen LogP contribution in [0, 0.1) is 53.3 Å². The lowest BCUT2D eigenvalue weighted by Gasteiger charge is -2.44. The first kappa shape index (κ1) is 73.1. The first-order chi connectivity index (χ1) is 39.2. The first-order valence-corrected chi connectivity index (χ1v) is 31.2. The Morgan fingerprint density at radius 3 is 1.33 bits per heavy atom. The van der Waals surface area contributed by atoms with Gasteiger partial charge in [0.25, 0.3) is 5.92 Å².